The fourth-order valence-corrected chi connectivity index (χ4v) is 2.10. The van der Waals surface area contributed by atoms with Crippen LogP contribution in [0.4, 0.5) is 11.5 Å². The zero-order valence-electron chi connectivity index (χ0n) is 10.8. The molecule has 2 aromatic rings. The fourth-order valence-electron chi connectivity index (χ4n) is 1.90. The van der Waals surface area contributed by atoms with Gasteiger partial charge in [-0.05, 0) is 17.5 Å². The number of aryl methyl sites for hydroxylation is 1. The Morgan fingerprint density at radius 2 is 2.00 bits per heavy atom. The van der Waals surface area contributed by atoms with Gasteiger partial charge in [-0.1, -0.05) is 42.8 Å². The molecule has 1 N–H and O–H groups in total. The van der Waals surface area contributed by atoms with Crippen molar-refractivity contribution in [1.82, 2.24) is 9.97 Å². The first-order valence-corrected chi connectivity index (χ1v) is 6.46. The van der Waals surface area contributed by atoms with Crippen LogP contribution < -0.4 is 5.32 Å². The second kappa shape index (κ2) is 6.29. The maximum Gasteiger partial charge on any atom is 0.348 e. The summed E-state index contributed by atoms with van der Waals surface area (Å²) in [5.74, 6) is 0.126. The van der Waals surface area contributed by atoms with Gasteiger partial charge in [0.15, 0.2) is 0 Å². The molecule has 0 aliphatic heterocycles. The third-order valence-corrected chi connectivity index (χ3v) is 3.18. The molecular weight excluding hydrogens is 280 g/mol. The average Bonchev–Trinajstić information content (AvgIpc) is 2.45. The van der Waals surface area contributed by atoms with Crippen molar-refractivity contribution in [3.63, 3.8) is 0 Å². The van der Waals surface area contributed by atoms with Crippen molar-refractivity contribution in [2.45, 2.75) is 19.9 Å². The molecule has 0 saturated carbocycles. The highest BCUT2D eigenvalue weighted by atomic mass is 35.5. The Balaban J connectivity index is 2.23. The highest BCUT2D eigenvalue weighted by Gasteiger charge is 2.21. The van der Waals surface area contributed by atoms with Crippen molar-refractivity contribution in [3.8, 4) is 0 Å². The Labute approximate surface area is 121 Å². The first-order chi connectivity index (χ1) is 9.63. The molecule has 0 spiro atoms. The number of rotatable bonds is 5. The van der Waals surface area contributed by atoms with Crippen LogP contribution >= 0.6 is 11.6 Å². The van der Waals surface area contributed by atoms with Gasteiger partial charge in [0.05, 0.1) is 4.92 Å². The Kier molecular flexibility index (Phi) is 4.47. The fraction of sp³-hybridized carbons (Fsp3) is 0.231. The van der Waals surface area contributed by atoms with E-state index in [0.29, 0.717) is 6.54 Å². The van der Waals surface area contributed by atoms with E-state index < -0.39 is 4.92 Å². The van der Waals surface area contributed by atoms with Crippen molar-refractivity contribution in [2.75, 3.05) is 5.32 Å². The summed E-state index contributed by atoms with van der Waals surface area (Å²) in [5.41, 5.74) is 1.95. The molecule has 2 rings (SSSR count). The van der Waals surface area contributed by atoms with Gasteiger partial charge in [0.2, 0.25) is 11.0 Å². The van der Waals surface area contributed by atoms with E-state index >= 15 is 0 Å². The predicted molar refractivity (Wildman–Crippen MR) is 76.8 cm³/mol. The topological polar surface area (TPSA) is 81.0 Å². The van der Waals surface area contributed by atoms with E-state index in [2.05, 4.69) is 22.2 Å². The number of halogens is 1. The molecule has 0 atom stereocenters. The summed E-state index contributed by atoms with van der Waals surface area (Å²) in [6, 6.07) is 7.89. The third kappa shape index (κ3) is 3.03. The molecule has 1 aromatic carbocycles. The predicted octanol–water partition coefficient (Wildman–Crippen LogP) is 3.21. The number of anilines is 1. The molecule has 0 saturated heterocycles. The molecule has 1 aromatic heterocycles. The van der Waals surface area contributed by atoms with Gasteiger partial charge in [-0.15, -0.1) is 0 Å². The van der Waals surface area contributed by atoms with Crippen LogP contribution in [0.15, 0.2) is 30.6 Å². The maximum atomic E-state index is 11.0. The minimum Gasteiger partial charge on any atom is -0.360 e. The van der Waals surface area contributed by atoms with Gasteiger partial charge in [-0.25, -0.2) is 9.97 Å². The summed E-state index contributed by atoms with van der Waals surface area (Å²) < 4.78 is 0. The van der Waals surface area contributed by atoms with Gasteiger partial charge in [-0.2, -0.15) is 0 Å². The maximum absolute atomic E-state index is 11.0. The number of aromatic nitrogens is 2. The lowest BCUT2D eigenvalue weighted by Crippen LogP contribution is -2.07. The molecule has 0 fully saturated rings. The zero-order chi connectivity index (χ0) is 14.5. The lowest BCUT2D eigenvalue weighted by atomic mass is 10.1. The Hall–Kier alpha value is -2.21. The normalized spacial score (nSPS) is 10.3. The summed E-state index contributed by atoms with van der Waals surface area (Å²) in [6.07, 6.45) is 2.09. The SMILES string of the molecule is CCc1ccccc1CNc1ncnc(Cl)c1[N+](=O)[O-]. The van der Waals surface area contributed by atoms with E-state index in [4.69, 9.17) is 11.6 Å². The van der Waals surface area contributed by atoms with Crippen LogP contribution in [0, 0.1) is 10.1 Å². The van der Waals surface area contributed by atoms with E-state index in [0.717, 1.165) is 12.0 Å². The van der Waals surface area contributed by atoms with Crippen molar-refractivity contribution < 1.29 is 4.92 Å². The van der Waals surface area contributed by atoms with Crippen LogP contribution in [0.2, 0.25) is 5.15 Å². The Bertz CT molecular complexity index is 634. The van der Waals surface area contributed by atoms with Gasteiger partial charge >= 0.3 is 5.69 Å². The molecular formula is C13H13ClN4O2. The van der Waals surface area contributed by atoms with Gasteiger partial charge in [0, 0.05) is 6.54 Å². The summed E-state index contributed by atoms with van der Waals surface area (Å²) in [6.45, 7) is 2.50. The van der Waals surface area contributed by atoms with Crippen molar-refractivity contribution >= 4 is 23.1 Å². The molecule has 0 amide bonds. The lowest BCUT2D eigenvalue weighted by molar-refractivity contribution is -0.384. The lowest BCUT2D eigenvalue weighted by Gasteiger charge is -2.09. The molecule has 20 heavy (non-hydrogen) atoms. The number of benzene rings is 1. The van der Waals surface area contributed by atoms with E-state index in [1.54, 1.807) is 0 Å². The molecule has 1 heterocycles. The zero-order valence-corrected chi connectivity index (χ0v) is 11.6. The minimum atomic E-state index is -0.587. The van der Waals surface area contributed by atoms with Crippen LogP contribution in [0.25, 0.3) is 0 Å². The third-order valence-electron chi connectivity index (χ3n) is 2.91. The van der Waals surface area contributed by atoms with Crippen LogP contribution in [-0.4, -0.2) is 14.9 Å². The number of nitrogens with one attached hydrogen (secondary N) is 1. The van der Waals surface area contributed by atoms with Gasteiger partial charge < -0.3 is 5.32 Å². The molecule has 0 radical (unpaired) electrons. The van der Waals surface area contributed by atoms with Gasteiger partial charge in [0.1, 0.15) is 6.33 Å². The molecule has 0 bridgehead atoms. The van der Waals surface area contributed by atoms with Crippen LogP contribution in [-0.2, 0) is 13.0 Å². The number of nitro groups is 1. The highest BCUT2D eigenvalue weighted by molar-refractivity contribution is 6.31. The Morgan fingerprint density at radius 3 is 2.65 bits per heavy atom. The van der Waals surface area contributed by atoms with Gasteiger partial charge in [0.25, 0.3) is 0 Å². The van der Waals surface area contributed by atoms with E-state index in [-0.39, 0.29) is 16.7 Å². The second-order valence-electron chi connectivity index (χ2n) is 4.09. The van der Waals surface area contributed by atoms with E-state index in [1.165, 1.54) is 11.9 Å². The largest absolute Gasteiger partial charge is 0.360 e. The van der Waals surface area contributed by atoms with E-state index in [1.807, 2.05) is 24.3 Å². The first-order valence-electron chi connectivity index (χ1n) is 6.09. The molecule has 0 aliphatic carbocycles. The molecule has 7 heteroatoms. The van der Waals surface area contributed by atoms with Crippen LogP contribution in [0.3, 0.4) is 0 Å². The summed E-state index contributed by atoms with van der Waals surface area (Å²) in [4.78, 5) is 17.9. The average molecular weight is 293 g/mol. The van der Waals surface area contributed by atoms with Crippen molar-refractivity contribution in [3.05, 3.63) is 57.0 Å². The van der Waals surface area contributed by atoms with Crippen molar-refractivity contribution in [2.24, 2.45) is 0 Å². The number of nitrogens with zero attached hydrogens (tertiary/aromatic N) is 3. The standard InChI is InChI=1S/C13H13ClN4O2/c1-2-9-5-3-4-6-10(9)7-15-13-11(18(19)20)12(14)16-8-17-13/h3-6,8H,2,7H2,1H3,(H,15,16,17). The Morgan fingerprint density at radius 1 is 1.30 bits per heavy atom. The van der Waals surface area contributed by atoms with Crippen LogP contribution in [0.5, 0.6) is 0 Å². The van der Waals surface area contributed by atoms with E-state index in [9.17, 15) is 10.1 Å². The molecule has 6 nitrogen and oxygen atoms in total. The first kappa shape index (κ1) is 14.2. The second-order valence-corrected chi connectivity index (χ2v) is 4.45. The number of hydrogen-bond donors (Lipinski definition) is 1. The summed E-state index contributed by atoms with van der Waals surface area (Å²) in [5, 5.41) is 13.8. The monoisotopic (exact) mass is 292 g/mol. The molecule has 0 unspecified atom stereocenters. The molecule has 104 valence electrons. The minimum absolute atomic E-state index is 0.126. The quantitative estimate of drug-likeness (QED) is 0.520. The highest BCUT2D eigenvalue weighted by Crippen LogP contribution is 2.28. The van der Waals surface area contributed by atoms with Crippen LogP contribution in [0.1, 0.15) is 18.1 Å². The summed E-state index contributed by atoms with van der Waals surface area (Å²) in [7, 11) is 0. The number of hydrogen-bond acceptors (Lipinski definition) is 5. The summed E-state index contributed by atoms with van der Waals surface area (Å²) >= 11 is 5.73. The smallest absolute Gasteiger partial charge is 0.348 e. The van der Waals surface area contributed by atoms with Crippen molar-refractivity contribution in [1.29, 1.82) is 0 Å². The molecule has 0 aliphatic rings. The van der Waals surface area contributed by atoms with Gasteiger partial charge in [-0.3, -0.25) is 10.1 Å².